The summed E-state index contributed by atoms with van der Waals surface area (Å²) >= 11 is 1.78. The fourth-order valence-corrected chi connectivity index (χ4v) is 3.47. The average Bonchev–Trinajstić information content (AvgIpc) is 2.88. The third-order valence-corrected chi connectivity index (χ3v) is 5.41. The van der Waals surface area contributed by atoms with E-state index in [1.54, 1.807) is 11.8 Å². The van der Waals surface area contributed by atoms with Crippen molar-refractivity contribution < 1.29 is 26.4 Å². The van der Waals surface area contributed by atoms with Crippen LogP contribution in [0, 0.1) is 0 Å². The highest BCUT2D eigenvalue weighted by Gasteiger charge is 2.20. The SMILES string of the molecule is CSCCOc1ccc(/C=C/c2cc(-c3ccccc3)[o+]c(-c3ccccc3)c2)cc1.F[B-](F)(F)F. The highest BCUT2D eigenvalue weighted by atomic mass is 32.2. The molecule has 0 atom stereocenters. The molecule has 4 rings (SSSR count). The Morgan fingerprint density at radius 2 is 1.19 bits per heavy atom. The van der Waals surface area contributed by atoms with Crippen LogP contribution in [0.5, 0.6) is 5.75 Å². The molecule has 0 unspecified atom stereocenters. The van der Waals surface area contributed by atoms with Gasteiger partial charge in [-0.05, 0) is 53.8 Å². The molecule has 1 aromatic heterocycles. The van der Waals surface area contributed by atoms with E-state index < -0.39 is 7.25 Å². The molecular formula is C28H25BF4O2S. The van der Waals surface area contributed by atoms with E-state index >= 15 is 0 Å². The molecule has 0 aliphatic rings. The lowest BCUT2D eigenvalue weighted by molar-refractivity contribution is 0.344. The van der Waals surface area contributed by atoms with E-state index in [0.29, 0.717) is 0 Å². The van der Waals surface area contributed by atoms with Gasteiger partial charge >= 0.3 is 18.8 Å². The van der Waals surface area contributed by atoms with Gasteiger partial charge in [-0.25, -0.2) is 4.42 Å². The van der Waals surface area contributed by atoms with Crippen LogP contribution in [0.3, 0.4) is 0 Å². The van der Waals surface area contributed by atoms with Crippen molar-refractivity contribution in [3.05, 3.63) is 108 Å². The predicted octanol–water partition coefficient (Wildman–Crippen LogP) is 9.11. The normalized spacial score (nSPS) is 11.1. The average molecular weight is 512 g/mol. The Balaban J connectivity index is 0.000000658. The minimum Gasteiger partial charge on any atom is -0.493 e. The lowest BCUT2D eigenvalue weighted by atomic mass is 10.1. The maximum atomic E-state index is 9.75. The Labute approximate surface area is 212 Å². The number of rotatable bonds is 8. The lowest BCUT2D eigenvalue weighted by Gasteiger charge is -2.04. The van der Waals surface area contributed by atoms with Gasteiger partial charge < -0.3 is 22.0 Å². The number of ether oxygens (including phenoxy) is 1. The topological polar surface area (TPSA) is 20.5 Å². The summed E-state index contributed by atoms with van der Waals surface area (Å²) in [6.45, 7) is 0.731. The highest BCUT2D eigenvalue weighted by molar-refractivity contribution is 7.98. The Kier molecular flexibility index (Phi) is 10.2. The van der Waals surface area contributed by atoms with E-state index in [4.69, 9.17) is 9.15 Å². The standard InChI is InChI=1S/C28H25O2S.BF4/c1-31-19-18-29-26-16-14-22(15-17-26)12-13-23-20-27(24-8-4-2-5-9-24)30-28(21-23)25-10-6-3-7-11-25;2-1(3,4)5/h2-17,20-21H,18-19H2,1H3;/q+1;-1/b13-12+;. The van der Waals surface area contributed by atoms with Crippen LogP contribution in [0.4, 0.5) is 17.3 Å². The molecule has 0 aliphatic carbocycles. The first-order valence-corrected chi connectivity index (χ1v) is 12.6. The first kappa shape index (κ1) is 27.1. The van der Waals surface area contributed by atoms with Crippen LogP contribution < -0.4 is 4.74 Å². The number of hydrogen-bond acceptors (Lipinski definition) is 2. The van der Waals surface area contributed by atoms with Gasteiger partial charge in [0.15, 0.2) is 0 Å². The second-order valence-electron chi connectivity index (χ2n) is 7.59. The largest absolute Gasteiger partial charge is 0.673 e. The van der Waals surface area contributed by atoms with E-state index in [1.807, 2.05) is 48.5 Å². The van der Waals surface area contributed by atoms with E-state index in [9.17, 15) is 17.3 Å². The van der Waals surface area contributed by atoms with Crippen molar-refractivity contribution in [2.45, 2.75) is 0 Å². The molecule has 0 radical (unpaired) electrons. The number of benzene rings is 3. The van der Waals surface area contributed by atoms with Crippen molar-refractivity contribution in [3.8, 4) is 28.4 Å². The highest BCUT2D eigenvalue weighted by Crippen LogP contribution is 2.29. The molecule has 36 heavy (non-hydrogen) atoms. The molecule has 186 valence electrons. The summed E-state index contributed by atoms with van der Waals surface area (Å²) < 4.78 is 51.0. The van der Waals surface area contributed by atoms with E-state index in [2.05, 4.69) is 66.9 Å². The van der Waals surface area contributed by atoms with Gasteiger partial charge in [0.25, 0.3) is 0 Å². The predicted molar refractivity (Wildman–Crippen MR) is 143 cm³/mol. The summed E-state index contributed by atoms with van der Waals surface area (Å²) in [5, 5.41) is 0. The van der Waals surface area contributed by atoms with Gasteiger partial charge in [-0.15, -0.1) is 0 Å². The van der Waals surface area contributed by atoms with Crippen LogP contribution in [0.15, 0.2) is 101 Å². The zero-order valence-corrected chi connectivity index (χ0v) is 20.4. The van der Waals surface area contributed by atoms with Gasteiger partial charge in [0.1, 0.15) is 5.75 Å². The van der Waals surface area contributed by atoms with E-state index in [1.165, 1.54) is 0 Å². The van der Waals surface area contributed by atoms with Gasteiger partial charge in [-0.3, -0.25) is 0 Å². The van der Waals surface area contributed by atoms with E-state index in [0.717, 1.165) is 51.9 Å². The molecule has 0 saturated carbocycles. The van der Waals surface area contributed by atoms with Crippen molar-refractivity contribution >= 4 is 31.2 Å². The van der Waals surface area contributed by atoms with Crippen molar-refractivity contribution in [1.29, 1.82) is 0 Å². The molecule has 8 heteroatoms. The molecule has 0 N–H and O–H groups in total. The molecule has 0 fully saturated rings. The quantitative estimate of drug-likeness (QED) is 0.102. The smallest absolute Gasteiger partial charge is 0.493 e. The van der Waals surface area contributed by atoms with Crippen molar-refractivity contribution in [3.63, 3.8) is 0 Å². The van der Waals surface area contributed by atoms with Crippen molar-refractivity contribution in [2.24, 2.45) is 0 Å². The molecule has 0 bridgehead atoms. The van der Waals surface area contributed by atoms with Crippen LogP contribution in [0.2, 0.25) is 0 Å². The molecule has 0 aliphatic heterocycles. The summed E-state index contributed by atoms with van der Waals surface area (Å²) in [5.41, 5.74) is 4.33. The van der Waals surface area contributed by atoms with Gasteiger partial charge in [-0.2, -0.15) is 11.8 Å². The molecule has 4 aromatic rings. The Morgan fingerprint density at radius 3 is 1.67 bits per heavy atom. The van der Waals surface area contributed by atoms with Crippen LogP contribution >= 0.6 is 11.8 Å². The molecule has 2 nitrogen and oxygen atoms in total. The Bertz CT molecular complexity index is 1170. The summed E-state index contributed by atoms with van der Waals surface area (Å²) in [6.07, 6.45) is 6.32. The minimum atomic E-state index is -6.00. The summed E-state index contributed by atoms with van der Waals surface area (Å²) in [5.74, 6) is 3.59. The number of hydrogen-bond donors (Lipinski definition) is 0. The van der Waals surface area contributed by atoms with Gasteiger partial charge in [-0.1, -0.05) is 60.7 Å². The van der Waals surface area contributed by atoms with Crippen molar-refractivity contribution in [2.75, 3.05) is 18.6 Å². The summed E-state index contributed by atoms with van der Waals surface area (Å²) in [6, 6.07) is 32.8. The van der Waals surface area contributed by atoms with E-state index in [-0.39, 0.29) is 0 Å². The number of thioether (sulfide) groups is 1. The minimum absolute atomic E-state index is 0.731. The third-order valence-electron chi connectivity index (χ3n) is 4.84. The number of halogens is 4. The van der Waals surface area contributed by atoms with Crippen LogP contribution in [-0.2, 0) is 0 Å². The zero-order chi connectivity index (χ0) is 25.8. The molecule has 0 saturated heterocycles. The molecule has 0 amide bonds. The Hall–Kier alpha value is -3.52. The third kappa shape index (κ3) is 9.62. The van der Waals surface area contributed by atoms with Crippen LogP contribution in [0.1, 0.15) is 11.1 Å². The maximum absolute atomic E-state index is 9.75. The fourth-order valence-electron chi connectivity index (χ4n) is 3.22. The Morgan fingerprint density at radius 1 is 0.722 bits per heavy atom. The monoisotopic (exact) mass is 512 g/mol. The molecular weight excluding hydrogens is 487 g/mol. The second-order valence-corrected chi connectivity index (χ2v) is 8.58. The molecule has 3 aromatic carbocycles. The summed E-state index contributed by atoms with van der Waals surface area (Å²) in [4.78, 5) is 0. The van der Waals surface area contributed by atoms with Crippen molar-refractivity contribution in [1.82, 2.24) is 0 Å². The first-order chi connectivity index (χ1) is 17.3. The van der Waals surface area contributed by atoms with Crippen LogP contribution in [0.25, 0.3) is 34.8 Å². The first-order valence-electron chi connectivity index (χ1n) is 11.2. The summed E-state index contributed by atoms with van der Waals surface area (Å²) in [7, 11) is -6.00. The van der Waals surface area contributed by atoms with Crippen LogP contribution in [-0.4, -0.2) is 25.9 Å². The maximum Gasteiger partial charge on any atom is 0.673 e. The second kappa shape index (κ2) is 13.5. The van der Waals surface area contributed by atoms with Gasteiger partial charge in [0.05, 0.1) is 29.9 Å². The molecule has 0 spiro atoms. The fraction of sp³-hybridized carbons (Fsp3) is 0.107. The van der Waals surface area contributed by atoms with Gasteiger partial charge in [0, 0.05) is 5.75 Å². The molecule has 1 heterocycles. The zero-order valence-electron chi connectivity index (χ0n) is 19.6. The van der Waals surface area contributed by atoms with Gasteiger partial charge in [0.2, 0.25) is 0 Å². The lowest BCUT2D eigenvalue weighted by Crippen LogP contribution is -2.02.